The molecule has 1 saturated heterocycles. The van der Waals surface area contributed by atoms with Gasteiger partial charge >= 0.3 is 0 Å². The third kappa shape index (κ3) is 3.58. The van der Waals surface area contributed by atoms with Crippen LogP contribution in [-0.4, -0.2) is 47.0 Å². The van der Waals surface area contributed by atoms with Crippen molar-refractivity contribution in [2.24, 2.45) is 5.92 Å². The number of nitrogens with zero attached hydrogens (tertiary/aromatic N) is 3. The lowest BCUT2D eigenvalue weighted by molar-refractivity contribution is 0.0654. The average Bonchev–Trinajstić information content (AvgIpc) is 2.49. The Morgan fingerprint density at radius 2 is 2.00 bits per heavy atom. The van der Waals surface area contributed by atoms with Crippen LogP contribution < -0.4 is 0 Å². The standard InChI is InChI=1S/C17H27N3/c1-15-5-4-7-17(13-15)20-11-9-19(10-12-20)14-16-6-2-3-8-18-16/h2-3,6,8,15,17H,4-5,7,9-14H2,1H3/t15-,17-/m0/s1. The van der Waals surface area contributed by atoms with Gasteiger partial charge in [0.15, 0.2) is 0 Å². The Bertz CT molecular complexity index is 398. The molecule has 3 rings (SSSR count). The predicted molar refractivity (Wildman–Crippen MR) is 82.5 cm³/mol. The minimum absolute atomic E-state index is 0.857. The van der Waals surface area contributed by atoms with E-state index in [1.807, 2.05) is 12.3 Å². The Labute approximate surface area is 123 Å². The predicted octanol–water partition coefficient (Wildman–Crippen LogP) is 2.78. The first-order valence-corrected chi connectivity index (χ1v) is 8.17. The van der Waals surface area contributed by atoms with Crippen LogP contribution >= 0.6 is 0 Å². The van der Waals surface area contributed by atoms with Crippen molar-refractivity contribution in [2.75, 3.05) is 26.2 Å². The van der Waals surface area contributed by atoms with Crippen molar-refractivity contribution >= 4 is 0 Å². The van der Waals surface area contributed by atoms with E-state index >= 15 is 0 Å². The third-order valence-corrected chi connectivity index (χ3v) is 4.94. The molecule has 1 aliphatic heterocycles. The summed E-state index contributed by atoms with van der Waals surface area (Å²) in [6.07, 6.45) is 7.61. The van der Waals surface area contributed by atoms with Crippen LogP contribution in [0.1, 0.15) is 38.3 Å². The molecule has 3 heteroatoms. The third-order valence-electron chi connectivity index (χ3n) is 4.94. The van der Waals surface area contributed by atoms with Crippen molar-refractivity contribution in [2.45, 2.75) is 45.2 Å². The summed E-state index contributed by atoms with van der Waals surface area (Å²) in [5.74, 6) is 0.931. The molecule has 0 amide bonds. The molecular formula is C17H27N3. The van der Waals surface area contributed by atoms with Crippen LogP contribution in [0.15, 0.2) is 24.4 Å². The highest BCUT2D eigenvalue weighted by atomic mass is 15.3. The molecule has 0 spiro atoms. The van der Waals surface area contributed by atoms with Gasteiger partial charge in [0.25, 0.3) is 0 Å². The van der Waals surface area contributed by atoms with Gasteiger partial charge < -0.3 is 0 Å². The Kier molecular flexibility index (Phi) is 4.69. The monoisotopic (exact) mass is 273 g/mol. The average molecular weight is 273 g/mol. The first kappa shape index (κ1) is 14.0. The van der Waals surface area contributed by atoms with Gasteiger partial charge in [-0.3, -0.25) is 14.8 Å². The summed E-state index contributed by atoms with van der Waals surface area (Å²) in [5, 5.41) is 0. The fourth-order valence-corrected chi connectivity index (χ4v) is 3.74. The molecule has 0 radical (unpaired) electrons. The number of hydrogen-bond donors (Lipinski definition) is 0. The van der Waals surface area contributed by atoms with Crippen LogP contribution in [0.2, 0.25) is 0 Å². The van der Waals surface area contributed by atoms with Gasteiger partial charge in [-0.1, -0.05) is 25.8 Å². The maximum absolute atomic E-state index is 4.44. The van der Waals surface area contributed by atoms with Gasteiger partial charge in [-0.2, -0.15) is 0 Å². The molecule has 1 saturated carbocycles. The molecule has 2 fully saturated rings. The number of rotatable bonds is 3. The number of pyridine rings is 1. The molecule has 0 N–H and O–H groups in total. The van der Waals surface area contributed by atoms with Crippen molar-refractivity contribution in [3.8, 4) is 0 Å². The Balaban J connectivity index is 1.47. The van der Waals surface area contributed by atoms with Crippen LogP contribution in [0.5, 0.6) is 0 Å². The first-order valence-electron chi connectivity index (χ1n) is 8.17. The van der Waals surface area contributed by atoms with Crippen LogP contribution in [0.4, 0.5) is 0 Å². The van der Waals surface area contributed by atoms with Crippen molar-refractivity contribution in [1.29, 1.82) is 0 Å². The van der Waals surface area contributed by atoms with E-state index in [4.69, 9.17) is 0 Å². The summed E-state index contributed by atoms with van der Waals surface area (Å²) in [6, 6.07) is 7.07. The highest BCUT2D eigenvalue weighted by Gasteiger charge is 2.27. The fraction of sp³-hybridized carbons (Fsp3) is 0.706. The van der Waals surface area contributed by atoms with Crippen molar-refractivity contribution in [1.82, 2.24) is 14.8 Å². The molecule has 1 aliphatic carbocycles. The van der Waals surface area contributed by atoms with E-state index in [-0.39, 0.29) is 0 Å². The second-order valence-corrected chi connectivity index (χ2v) is 6.56. The Hall–Kier alpha value is -0.930. The molecule has 2 aliphatic rings. The summed E-state index contributed by atoms with van der Waals surface area (Å²) < 4.78 is 0. The van der Waals surface area contributed by atoms with Gasteiger partial charge in [-0.15, -0.1) is 0 Å². The van der Waals surface area contributed by atoms with E-state index in [0.717, 1.165) is 18.5 Å². The van der Waals surface area contributed by atoms with Gasteiger partial charge in [-0.25, -0.2) is 0 Å². The van der Waals surface area contributed by atoms with Crippen LogP contribution in [0.3, 0.4) is 0 Å². The molecule has 1 aromatic rings. The molecular weight excluding hydrogens is 246 g/mol. The highest BCUT2D eigenvalue weighted by Crippen LogP contribution is 2.27. The minimum Gasteiger partial charge on any atom is -0.298 e. The van der Waals surface area contributed by atoms with Crippen LogP contribution in [-0.2, 0) is 6.54 Å². The number of aromatic nitrogens is 1. The highest BCUT2D eigenvalue weighted by molar-refractivity contribution is 5.03. The SMILES string of the molecule is C[C@H]1CCC[C@H](N2CCN(Cc3ccccn3)CC2)C1. The summed E-state index contributed by atoms with van der Waals surface area (Å²) in [4.78, 5) is 9.72. The molecule has 2 heterocycles. The molecule has 3 nitrogen and oxygen atoms in total. The first-order chi connectivity index (χ1) is 9.81. The van der Waals surface area contributed by atoms with E-state index in [1.54, 1.807) is 0 Å². The summed E-state index contributed by atoms with van der Waals surface area (Å²) >= 11 is 0. The maximum Gasteiger partial charge on any atom is 0.0543 e. The largest absolute Gasteiger partial charge is 0.298 e. The minimum atomic E-state index is 0.857. The van der Waals surface area contributed by atoms with Crippen molar-refractivity contribution in [3.05, 3.63) is 30.1 Å². The van der Waals surface area contributed by atoms with E-state index in [2.05, 4.69) is 33.8 Å². The second kappa shape index (κ2) is 6.68. The lowest BCUT2D eigenvalue weighted by Crippen LogP contribution is -2.51. The zero-order valence-corrected chi connectivity index (χ0v) is 12.7. The normalized spacial score (nSPS) is 29.4. The van der Waals surface area contributed by atoms with Gasteiger partial charge in [0.1, 0.15) is 0 Å². The lowest BCUT2D eigenvalue weighted by atomic mass is 9.86. The number of piperazine rings is 1. The van der Waals surface area contributed by atoms with Gasteiger partial charge in [0.05, 0.1) is 5.69 Å². The van der Waals surface area contributed by atoms with E-state index in [9.17, 15) is 0 Å². The fourth-order valence-electron chi connectivity index (χ4n) is 3.74. The molecule has 1 aromatic heterocycles. The molecule has 0 aromatic carbocycles. The zero-order chi connectivity index (χ0) is 13.8. The second-order valence-electron chi connectivity index (χ2n) is 6.56. The Morgan fingerprint density at radius 3 is 2.70 bits per heavy atom. The number of hydrogen-bond acceptors (Lipinski definition) is 3. The zero-order valence-electron chi connectivity index (χ0n) is 12.7. The quantitative estimate of drug-likeness (QED) is 0.844. The van der Waals surface area contributed by atoms with Gasteiger partial charge in [-0.05, 0) is 30.9 Å². The molecule has 20 heavy (non-hydrogen) atoms. The topological polar surface area (TPSA) is 19.4 Å². The smallest absolute Gasteiger partial charge is 0.0543 e. The lowest BCUT2D eigenvalue weighted by Gasteiger charge is -2.42. The summed E-state index contributed by atoms with van der Waals surface area (Å²) in [6.45, 7) is 8.30. The summed E-state index contributed by atoms with van der Waals surface area (Å²) in [5.41, 5.74) is 1.20. The Morgan fingerprint density at radius 1 is 1.15 bits per heavy atom. The van der Waals surface area contributed by atoms with Crippen molar-refractivity contribution < 1.29 is 0 Å². The van der Waals surface area contributed by atoms with E-state index < -0.39 is 0 Å². The van der Waals surface area contributed by atoms with Crippen molar-refractivity contribution in [3.63, 3.8) is 0 Å². The van der Waals surface area contributed by atoms with E-state index in [0.29, 0.717) is 0 Å². The molecule has 0 unspecified atom stereocenters. The van der Waals surface area contributed by atoms with Gasteiger partial charge in [0.2, 0.25) is 0 Å². The van der Waals surface area contributed by atoms with Crippen LogP contribution in [0, 0.1) is 5.92 Å². The molecule has 0 bridgehead atoms. The van der Waals surface area contributed by atoms with E-state index in [1.165, 1.54) is 57.6 Å². The van der Waals surface area contributed by atoms with Gasteiger partial charge in [0, 0.05) is 45.0 Å². The summed E-state index contributed by atoms with van der Waals surface area (Å²) in [7, 11) is 0. The molecule has 110 valence electrons. The maximum atomic E-state index is 4.44. The van der Waals surface area contributed by atoms with Crippen LogP contribution in [0.25, 0.3) is 0 Å². The molecule has 2 atom stereocenters.